The molecule has 0 spiro atoms. The lowest BCUT2D eigenvalue weighted by molar-refractivity contribution is 0.343. The third-order valence-corrected chi connectivity index (χ3v) is 6.13. The van der Waals surface area contributed by atoms with Gasteiger partial charge < -0.3 is 29.5 Å². The summed E-state index contributed by atoms with van der Waals surface area (Å²) in [6, 6.07) is 19.1. The number of fused-ring (bicyclic) bond motifs is 1. The first-order valence-corrected chi connectivity index (χ1v) is 11.0. The summed E-state index contributed by atoms with van der Waals surface area (Å²) >= 11 is 0. The standard InChI is InChI=1S/C28H23NO6/c1-34-28-25(32)23(20(18-11-12-29-15-18)13-16-5-3-2-4-6-16)27-24(26(28)33)21(31)14-22(35-27)17-7-9-19(30)10-8-17/h2-12,14-15,20,29-30,32-33H,13H2,1H3/t20-/m1/s1. The van der Waals surface area contributed by atoms with E-state index in [9.17, 15) is 20.1 Å². The van der Waals surface area contributed by atoms with Gasteiger partial charge in [0.05, 0.1) is 7.11 Å². The van der Waals surface area contributed by atoms with E-state index >= 15 is 0 Å². The Bertz CT molecular complexity index is 1540. The van der Waals surface area contributed by atoms with Gasteiger partial charge in [-0.2, -0.15) is 0 Å². The van der Waals surface area contributed by atoms with Crippen LogP contribution in [-0.2, 0) is 6.42 Å². The monoisotopic (exact) mass is 469 g/mol. The lowest BCUT2D eigenvalue weighted by Crippen LogP contribution is -2.10. The van der Waals surface area contributed by atoms with E-state index in [2.05, 4.69) is 4.98 Å². The number of hydrogen-bond donors (Lipinski definition) is 4. The third kappa shape index (κ3) is 3.97. The molecule has 7 nitrogen and oxygen atoms in total. The number of H-pyrrole nitrogens is 1. The number of nitrogens with one attached hydrogen (secondary N) is 1. The van der Waals surface area contributed by atoms with Crippen LogP contribution in [0.2, 0.25) is 0 Å². The molecule has 3 aromatic carbocycles. The molecule has 176 valence electrons. The zero-order chi connectivity index (χ0) is 24.5. The summed E-state index contributed by atoms with van der Waals surface area (Å²) in [5, 5.41) is 31.7. The van der Waals surface area contributed by atoms with Crippen molar-refractivity contribution in [2.45, 2.75) is 12.3 Å². The second-order valence-corrected chi connectivity index (χ2v) is 8.26. The third-order valence-electron chi connectivity index (χ3n) is 6.13. The maximum atomic E-state index is 13.2. The molecule has 4 N–H and O–H groups in total. The van der Waals surface area contributed by atoms with Crippen LogP contribution >= 0.6 is 0 Å². The molecule has 0 saturated carbocycles. The van der Waals surface area contributed by atoms with Gasteiger partial charge in [0.15, 0.2) is 16.9 Å². The van der Waals surface area contributed by atoms with Crippen molar-refractivity contribution in [2.75, 3.05) is 7.11 Å². The molecular formula is C28H23NO6. The largest absolute Gasteiger partial charge is 0.508 e. The molecule has 35 heavy (non-hydrogen) atoms. The average molecular weight is 469 g/mol. The fourth-order valence-electron chi connectivity index (χ4n) is 4.44. The van der Waals surface area contributed by atoms with E-state index in [-0.39, 0.29) is 34.0 Å². The van der Waals surface area contributed by atoms with E-state index in [4.69, 9.17) is 9.15 Å². The number of aromatic nitrogens is 1. The Hall–Kier alpha value is -4.65. The SMILES string of the molecule is COc1c(O)c([C@H](Cc2ccccc2)c2cc[nH]c2)c2oc(-c3ccc(O)cc3)cc(=O)c2c1O. The van der Waals surface area contributed by atoms with Crippen LogP contribution in [0.1, 0.15) is 22.6 Å². The average Bonchev–Trinajstić information content (AvgIpc) is 3.39. The number of phenols is 3. The van der Waals surface area contributed by atoms with E-state index in [1.807, 2.05) is 42.6 Å². The Morgan fingerprint density at radius 3 is 2.37 bits per heavy atom. The maximum Gasteiger partial charge on any atom is 0.204 e. The second-order valence-electron chi connectivity index (χ2n) is 8.26. The number of rotatable bonds is 6. The minimum absolute atomic E-state index is 0.0681. The van der Waals surface area contributed by atoms with Gasteiger partial charge in [0, 0.05) is 35.5 Å². The van der Waals surface area contributed by atoms with Crippen molar-refractivity contribution in [3.63, 3.8) is 0 Å². The maximum absolute atomic E-state index is 13.2. The quantitative estimate of drug-likeness (QED) is 0.269. The first kappa shape index (κ1) is 22.2. The molecule has 0 aliphatic carbocycles. The van der Waals surface area contributed by atoms with E-state index in [1.54, 1.807) is 18.3 Å². The topological polar surface area (TPSA) is 116 Å². The Kier molecular flexibility index (Phi) is 5.66. The second kappa shape index (κ2) is 8.95. The summed E-state index contributed by atoms with van der Waals surface area (Å²) < 4.78 is 11.5. The van der Waals surface area contributed by atoms with Crippen LogP contribution < -0.4 is 10.2 Å². The van der Waals surface area contributed by atoms with Gasteiger partial charge in [0.2, 0.25) is 5.75 Å². The molecule has 7 heteroatoms. The number of aromatic amines is 1. The minimum atomic E-state index is -0.487. The molecule has 2 aromatic heterocycles. The molecule has 0 radical (unpaired) electrons. The number of methoxy groups -OCH3 is 1. The van der Waals surface area contributed by atoms with Gasteiger partial charge >= 0.3 is 0 Å². The highest BCUT2D eigenvalue weighted by atomic mass is 16.5. The summed E-state index contributed by atoms with van der Waals surface area (Å²) in [6.07, 6.45) is 4.09. The molecule has 0 aliphatic heterocycles. The van der Waals surface area contributed by atoms with Crippen molar-refractivity contribution >= 4 is 11.0 Å². The number of ether oxygens (including phenoxy) is 1. The molecular weight excluding hydrogens is 446 g/mol. The number of benzene rings is 3. The minimum Gasteiger partial charge on any atom is -0.508 e. The summed E-state index contributed by atoms with van der Waals surface area (Å²) in [7, 11) is 1.32. The molecule has 0 saturated heterocycles. The zero-order valence-electron chi connectivity index (χ0n) is 18.9. The van der Waals surface area contributed by atoms with Crippen LogP contribution in [0, 0.1) is 0 Å². The predicted molar refractivity (Wildman–Crippen MR) is 132 cm³/mol. The molecule has 0 amide bonds. The Morgan fingerprint density at radius 2 is 1.71 bits per heavy atom. The van der Waals surface area contributed by atoms with Crippen molar-refractivity contribution in [1.29, 1.82) is 0 Å². The number of phenolic OH excluding ortho intramolecular Hbond substituents is 3. The van der Waals surface area contributed by atoms with Crippen LogP contribution in [0.5, 0.6) is 23.0 Å². The van der Waals surface area contributed by atoms with Gasteiger partial charge in [-0.25, -0.2) is 0 Å². The molecule has 5 aromatic rings. The first-order valence-electron chi connectivity index (χ1n) is 11.0. The van der Waals surface area contributed by atoms with Crippen molar-refractivity contribution in [1.82, 2.24) is 4.98 Å². The Morgan fingerprint density at radius 1 is 0.971 bits per heavy atom. The van der Waals surface area contributed by atoms with Gasteiger partial charge in [-0.3, -0.25) is 4.79 Å². The lowest BCUT2D eigenvalue weighted by atomic mass is 9.85. The van der Waals surface area contributed by atoms with Gasteiger partial charge in [-0.1, -0.05) is 30.3 Å². The van der Waals surface area contributed by atoms with Crippen molar-refractivity contribution in [2.24, 2.45) is 0 Å². The molecule has 5 rings (SSSR count). The van der Waals surface area contributed by atoms with E-state index < -0.39 is 17.1 Å². The Balaban J connectivity index is 1.83. The van der Waals surface area contributed by atoms with Gasteiger partial charge in [0.25, 0.3) is 0 Å². The van der Waals surface area contributed by atoms with Gasteiger partial charge in [-0.15, -0.1) is 0 Å². The zero-order valence-corrected chi connectivity index (χ0v) is 18.9. The molecule has 0 bridgehead atoms. The van der Waals surface area contributed by atoms with Crippen LogP contribution in [0.3, 0.4) is 0 Å². The van der Waals surface area contributed by atoms with Crippen molar-refractivity contribution in [3.8, 4) is 34.3 Å². The van der Waals surface area contributed by atoms with Gasteiger partial charge in [0.1, 0.15) is 22.5 Å². The van der Waals surface area contributed by atoms with Crippen LogP contribution in [0.15, 0.2) is 88.3 Å². The normalized spacial score (nSPS) is 12.0. The van der Waals surface area contributed by atoms with E-state index in [0.717, 1.165) is 11.1 Å². The fourth-order valence-corrected chi connectivity index (χ4v) is 4.44. The molecule has 0 aliphatic rings. The summed E-state index contributed by atoms with van der Waals surface area (Å²) in [5.74, 6) is -1.09. The molecule has 0 unspecified atom stereocenters. The molecule has 1 atom stereocenters. The lowest BCUT2D eigenvalue weighted by Gasteiger charge is -2.22. The highest BCUT2D eigenvalue weighted by Crippen LogP contribution is 2.49. The summed E-state index contributed by atoms with van der Waals surface area (Å²) in [4.78, 5) is 16.3. The van der Waals surface area contributed by atoms with E-state index in [0.29, 0.717) is 17.5 Å². The summed E-state index contributed by atoms with van der Waals surface area (Å²) in [6.45, 7) is 0. The first-order chi connectivity index (χ1) is 17.0. The molecule has 0 fully saturated rings. The van der Waals surface area contributed by atoms with Crippen LogP contribution in [0.25, 0.3) is 22.3 Å². The fraction of sp³-hybridized carbons (Fsp3) is 0.107. The van der Waals surface area contributed by atoms with Gasteiger partial charge in [-0.05, 0) is 47.9 Å². The number of aromatic hydroxyl groups is 3. The van der Waals surface area contributed by atoms with E-state index in [1.165, 1.54) is 25.3 Å². The summed E-state index contributed by atoms with van der Waals surface area (Å²) in [5.41, 5.74) is 2.34. The number of hydrogen-bond acceptors (Lipinski definition) is 6. The Labute approximate surface area is 200 Å². The highest BCUT2D eigenvalue weighted by Gasteiger charge is 2.30. The predicted octanol–water partition coefficient (Wildman–Crippen LogP) is 5.29. The van der Waals surface area contributed by atoms with Crippen LogP contribution in [0.4, 0.5) is 0 Å². The molecule has 2 heterocycles. The smallest absolute Gasteiger partial charge is 0.204 e. The highest BCUT2D eigenvalue weighted by molar-refractivity contribution is 5.93. The van der Waals surface area contributed by atoms with Crippen LogP contribution in [-0.4, -0.2) is 27.4 Å². The van der Waals surface area contributed by atoms with Crippen molar-refractivity contribution in [3.05, 3.63) is 106 Å². The van der Waals surface area contributed by atoms with Crippen molar-refractivity contribution < 1.29 is 24.5 Å².